The van der Waals surface area contributed by atoms with E-state index in [4.69, 9.17) is 5.73 Å². The molecule has 156 valence electrons. The number of rotatable bonds is 13. The molecule has 1 amide bonds. The van der Waals surface area contributed by atoms with Gasteiger partial charge in [-0.3, -0.25) is 4.79 Å². The Morgan fingerprint density at radius 1 is 0.821 bits per heavy atom. The standard InChI is InChI=1S/C24H37NO3/c1-4-5-6-7-8-9-10-11-13-16-19-24(21(2)26,22(3)27)20-17-14-12-15-18-23(25)28/h21-22,26-27H,4-11,13,16,19H2,1-3H3,(H2,25,28). The van der Waals surface area contributed by atoms with Crippen molar-refractivity contribution in [3.63, 3.8) is 0 Å². The van der Waals surface area contributed by atoms with E-state index in [0.29, 0.717) is 6.42 Å². The Morgan fingerprint density at radius 2 is 1.29 bits per heavy atom. The molecule has 2 atom stereocenters. The van der Waals surface area contributed by atoms with E-state index in [1.165, 1.54) is 51.4 Å². The summed E-state index contributed by atoms with van der Waals surface area (Å²) >= 11 is 0. The van der Waals surface area contributed by atoms with Gasteiger partial charge in [0, 0.05) is 5.92 Å². The van der Waals surface area contributed by atoms with Gasteiger partial charge in [0.25, 0.3) is 5.91 Å². The molecular formula is C24H37NO3. The average molecular weight is 388 g/mol. The van der Waals surface area contributed by atoms with Crippen LogP contribution in [0.3, 0.4) is 0 Å². The molecule has 0 saturated carbocycles. The maximum Gasteiger partial charge on any atom is 0.294 e. The SMILES string of the molecule is CCCCCCCCCCCCC(C#CC#CC#CC(N)=O)(C(C)O)C(C)O. The average Bonchev–Trinajstić information content (AvgIpc) is 2.63. The predicted octanol–water partition coefficient (Wildman–Crippen LogP) is 3.54. The van der Waals surface area contributed by atoms with Crippen molar-refractivity contribution >= 4 is 5.91 Å². The maximum atomic E-state index is 10.5. The lowest BCUT2D eigenvalue weighted by atomic mass is 9.74. The van der Waals surface area contributed by atoms with Gasteiger partial charge in [-0.05, 0) is 44.0 Å². The van der Waals surface area contributed by atoms with Crippen molar-refractivity contribution < 1.29 is 15.0 Å². The zero-order valence-electron chi connectivity index (χ0n) is 17.8. The number of primary amides is 1. The second-order valence-electron chi connectivity index (χ2n) is 7.44. The monoisotopic (exact) mass is 387 g/mol. The van der Waals surface area contributed by atoms with Crippen LogP contribution >= 0.6 is 0 Å². The highest BCUT2D eigenvalue weighted by atomic mass is 16.3. The fourth-order valence-electron chi connectivity index (χ4n) is 3.25. The molecule has 0 saturated heterocycles. The Hall–Kier alpha value is -1.93. The summed E-state index contributed by atoms with van der Waals surface area (Å²) in [5.74, 6) is 14.2. The van der Waals surface area contributed by atoms with Crippen molar-refractivity contribution in [2.24, 2.45) is 11.1 Å². The molecule has 0 aromatic heterocycles. The van der Waals surface area contributed by atoms with Gasteiger partial charge in [-0.25, -0.2) is 0 Å². The zero-order chi connectivity index (χ0) is 21.3. The number of unbranched alkanes of at least 4 members (excludes halogenated alkanes) is 9. The largest absolute Gasteiger partial charge is 0.392 e. The number of nitrogens with two attached hydrogens (primary N) is 1. The highest BCUT2D eigenvalue weighted by Gasteiger charge is 2.38. The molecule has 0 aromatic rings. The Bertz CT molecular complexity index is 609. The van der Waals surface area contributed by atoms with E-state index >= 15 is 0 Å². The van der Waals surface area contributed by atoms with Gasteiger partial charge in [0.2, 0.25) is 0 Å². The number of aliphatic hydroxyl groups is 2. The second kappa shape index (κ2) is 16.1. The van der Waals surface area contributed by atoms with E-state index in [0.717, 1.165) is 12.8 Å². The summed E-state index contributed by atoms with van der Waals surface area (Å²) in [7, 11) is 0. The molecule has 0 heterocycles. The maximum absolute atomic E-state index is 10.5. The number of amides is 1. The summed E-state index contributed by atoms with van der Waals surface area (Å²) < 4.78 is 0. The molecule has 0 aliphatic heterocycles. The first-order valence-corrected chi connectivity index (χ1v) is 10.6. The van der Waals surface area contributed by atoms with Gasteiger partial charge in [-0.1, -0.05) is 77.1 Å². The minimum Gasteiger partial charge on any atom is -0.392 e. The minimum atomic E-state index is -0.911. The number of carbonyl (C=O) groups is 1. The first-order valence-electron chi connectivity index (χ1n) is 10.6. The Labute approximate surface area is 171 Å². The lowest BCUT2D eigenvalue weighted by molar-refractivity contribution is -0.112. The van der Waals surface area contributed by atoms with Gasteiger partial charge >= 0.3 is 0 Å². The molecule has 0 radical (unpaired) electrons. The summed E-state index contributed by atoms with van der Waals surface area (Å²) in [6.07, 6.45) is 11.3. The third kappa shape index (κ3) is 11.7. The smallest absolute Gasteiger partial charge is 0.294 e. The highest BCUT2D eigenvalue weighted by molar-refractivity contribution is 5.92. The molecular weight excluding hydrogens is 350 g/mol. The molecule has 4 heteroatoms. The topological polar surface area (TPSA) is 83.6 Å². The third-order valence-electron chi connectivity index (χ3n) is 5.10. The predicted molar refractivity (Wildman–Crippen MR) is 115 cm³/mol. The minimum absolute atomic E-state index is 0.612. The van der Waals surface area contributed by atoms with Crippen molar-refractivity contribution in [1.29, 1.82) is 0 Å². The van der Waals surface area contributed by atoms with Crippen molar-refractivity contribution in [2.75, 3.05) is 0 Å². The molecule has 0 rings (SSSR count). The normalized spacial score (nSPS) is 14.2. The van der Waals surface area contributed by atoms with E-state index in [9.17, 15) is 15.0 Å². The van der Waals surface area contributed by atoms with Crippen molar-refractivity contribution in [3.8, 4) is 35.5 Å². The van der Waals surface area contributed by atoms with Crippen LogP contribution in [0.5, 0.6) is 0 Å². The summed E-state index contributed by atoms with van der Waals surface area (Å²) in [5, 5.41) is 20.5. The number of hydrogen-bond donors (Lipinski definition) is 3. The van der Waals surface area contributed by atoms with Gasteiger partial charge in [0.05, 0.1) is 17.6 Å². The Kier molecular flexibility index (Phi) is 15.0. The van der Waals surface area contributed by atoms with Crippen LogP contribution in [-0.4, -0.2) is 28.3 Å². The summed E-state index contributed by atoms with van der Waals surface area (Å²) in [5.41, 5.74) is 3.99. The zero-order valence-corrected chi connectivity index (χ0v) is 17.8. The molecule has 2 unspecified atom stereocenters. The lowest BCUT2D eigenvalue weighted by Crippen LogP contribution is -2.41. The Morgan fingerprint density at radius 3 is 1.75 bits per heavy atom. The second-order valence-corrected chi connectivity index (χ2v) is 7.44. The van der Waals surface area contributed by atoms with Gasteiger partial charge in [-0.2, -0.15) is 0 Å². The van der Waals surface area contributed by atoms with Crippen molar-refractivity contribution in [3.05, 3.63) is 0 Å². The summed E-state index contributed by atoms with van der Waals surface area (Å²) in [4.78, 5) is 10.5. The molecule has 0 aliphatic rings. The molecule has 0 bridgehead atoms. The van der Waals surface area contributed by atoms with Crippen LogP contribution in [0.25, 0.3) is 0 Å². The molecule has 0 aliphatic carbocycles. The first-order chi connectivity index (χ1) is 13.4. The fraction of sp³-hybridized carbons (Fsp3) is 0.708. The van der Waals surface area contributed by atoms with Crippen LogP contribution in [0.2, 0.25) is 0 Å². The molecule has 4 N–H and O–H groups in total. The van der Waals surface area contributed by atoms with E-state index in [-0.39, 0.29) is 0 Å². The molecule has 0 aromatic carbocycles. The van der Waals surface area contributed by atoms with Gasteiger partial charge in [-0.15, -0.1) is 0 Å². The summed E-state index contributed by atoms with van der Waals surface area (Å²) in [6.45, 7) is 5.53. The van der Waals surface area contributed by atoms with Crippen LogP contribution in [0.1, 0.15) is 91.4 Å². The number of hydrogen-bond acceptors (Lipinski definition) is 3. The van der Waals surface area contributed by atoms with E-state index < -0.39 is 23.5 Å². The number of carbonyl (C=O) groups excluding carboxylic acids is 1. The molecule has 0 spiro atoms. The quantitative estimate of drug-likeness (QED) is 0.334. The van der Waals surface area contributed by atoms with E-state index in [1.807, 2.05) is 0 Å². The molecule has 28 heavy (non-hydrogen) atoms. The third-order valence-corrected chi connectivity index (χ3v) is 5.10. The fourth-order valence-corrected chi connectivity index (χ4v) is 3.25. The van der Waals surface area contributed by atoms with Crippen molar-refractivity contribution in [2.45, 2.75) is 104 Å². The van der Waals surface area contributed by atoms with Crippen LogP contribution in [0.15, 0.2) is 0 Å². The Balaban J connectivity index is 4.52. The lowest BCUT2D eigenvalue weighted by Gasteiger charge is -2.34. The van der Waals surface area contributed by atoms with Crippen LogP contribution in [0.4, 0.5) is 0 Å². The van der Waals surface area contributed by atoms with E-state index in [1.54, 1.807) is 13.8 Å². The molecule has 4 nitrogen and oxygen atoms in total. The first kappa shape index (κ1) is 26.1. The van der Waals surface area contributed by atoms with Crippen LogP contribution < -0.4 is 5.73 Å². The van der Waals surface area contributed by atoms with Gasteiger partial charge in [0.15, 0.2) is 0 Å². The van der Waals surface area contributed by atoms with Gasteiger partial charge < -0.3 is 15.9 Å². The summed E-state index contributed by atoms with van der Waals surface area (Å²) in [6, 6.07) is 0. The van der Waals surface area contributed by atoms with Gasteiger partial charge in [0.1, 0.15) is 0 Å². The van der Waals surface area contributed by atoms with Crippen molar-refractivity contribution in [1.82, 2.24) is 0 Å². The van der Waals surface area contributed by atoms with Crippen LogP contribution in [0, 0.1) is 40.9 Å². The van der Waals surface area contributed by atoms with Crippen LogP contribution in [-0.2, 0) is 4.79 Å². The highest BCUT2D eigenvalue weighted by Crippen LogP contribution is 2.33. The molecule has 0 fully saturated rings. The number of aliphatic hydroxyl groups excluding tert-OH is 2. The van der Waals surface area contributed by atoms with E-state index in [2.05, 4.69) is 42.4 Å².